The number of carbonyl (C=O) groups is 1. The SMILES string of the molecule is O=C(NCc1ccnc(-c2cccnc2)c1)c1cccc(Oc2ccccn2)c1. The molecular formula is C23H18N4O2. The van der Waals surface area contributed by atoms with Crippen molar-refractivity contribution in [1.29, 1.82) is 0 Å². The van der Waals surface area contributed by atoms with Gasteiger partial charge in [-0.3, -0.25) is 14.8 Å². The molecule has 142 valence electrons. The third-order valence-corrected chi connectivity index (χ3v) is 4.19. The number of aromatic nitrogens is 3. The molecule has 3 aromatic heterocycles. The van der Waals surface area contributed by atoms with Crippen LogP contribution in [0, 0.1) is 0 Å². The maximum absolute atomic E-state index is 12.6. The molecule has 0 aliphatic heterocycles. The Hall–Kier alpha value is -4.06. The van der Waals surface area contributed by atoms with Crippen LogP contribution in [0.4, 0.5) is 0 Å². The van der Waals surface area contributed by atoms with E-state index in [-0.39, 0.29) is 5.91 Å². The lowest BCUT2D eigenvalue weighted by atomic mass is 10.1. The molecule has 0 atom stereocenters. The largest absolute Gasteiger partial charge is 0.439 e. The van der Waals surface area contributed by atoms with Crippen LogP contribution in [-0.2, 0) is 6.54 Å². The first-order chi connectivity index (χ1) is 14.3. The monoisotopic (exact) mass is 382 g/mol. The molecule has 29 heavy (non-hydrogen) atoms. The average molecular weight is 382 g/mol. The zero-order valence-corrected chi connectivity index (χ0v) is 15.5. The van der Waals surface area contributed by atoms with Crippen molar-refractivity contribution in [2.75, 3.05) is 0 Å². The summed E-state index contributed by atoms with van der Waals surface area (Å²) in [7, 11) is 0. The molecule has 1 aromatic carbocycles. The third kappa shape index (κ3) is 4.81. The molecule has 6 nitrogen and oxygen atoms in total. The number of benzene rings is 1. The van der Waals surface area contributed by atoms with Crippen LogP contribution >= 0.6 is 0 Å². The van der Waals surface area contributed by atoms with Crippen molar-refractivity contribution in [2.24, 2.45) is 0 Å². The van der Waals surface area contributed by atoms with Gasteiger partial charge in [0.25, 0.3) is 5.91 Å². The van der Waals surface area contributed by atoms with E-state index >= 15 is 0 Å². The summed E-state index contributed by atoms with van der Waals surface area (Å²) in [5, 5.41) is 2.93. The van der Waals surface area contributed by atoms with E-state index in [4.69, 9.17) is 4.74 Å². The van der Waals surface area contributed by atoms with Gasteiger partial charge >= 0.3 is 0 Å². The van der Waals surface area contributed by atoms with E-state index in [0.29, 0.717) is 23.7 Å². The quantitative estimate of drug-likeness (QED) is 0.539. The van der Waals surface area contributed by atoms with Crippen molar-refractivity contribution in [3.63, 3.8) is 0 Å². The predicted octanol–water partition coefficient (Wildman–Crippen LogP) is 4.26. The minimum atomic E-state index is -0.184. The first-order valence-corrected chi connectivity index (χ1v) is 9.10. The van der Waals surface area contributed by atoms with Gasteiger partial charge in [-0.05, 0) is 54.1 Å². The summed E-state index contributed by atoms with van der Waals surface area (Å²) in [6.45, 7) is 0.389. The van der Waals surface area contributed by atoms with E-state index in [1.807, 2.05) is 36.4 Å². The van der Waals surface area contributed by atoms with Crippen LogP contribution in [0.2, 0.25) is 0 Å². The number of hydrogen-bond acceptors (Lipinski definition) is 5. The molecule has 0 aliphatic carbocycles. The number of carbonyl (C=O) groups excluding carboxylic acids is 1. The molecule has 0 saturated carbocycles. The Morgan fingerprint density at radius 2 is 1.86 bits per heavy atom. The number of nitrogens with one attached hydrogen (secondary N) is 1. The van der Waals surface area contributed by atoms with Crippen molar-refractivity contribution in [3.05, 3.63) is 103 Å². The Morgan fingerprint density at radius 1 is 0.897 bits per heavy atom. The molecule has 4 rings (SSSR count). The Morgan fingerprint density at radius 3 is 2.69 bits per heavy atom. The normalized spacial score (nSPS) is 10.3. The number of pyridine rings is 3. The molecule has 0 saturated heterocycles. The molecule has 0 fully saturated rings. The number of ether oxygens (including phenoxy) is 1. The Kier molecular flexibility index (Phi) is 5.53. The van der Waals surface area contributed by atoms with Crippen LogP contribution in [0.25, 0.3) is 11.3 Å². The highest BCUT2D eigenvalue weighted by Gasteiger charge is 2.08. The van der Waals surface area contributed by atoms with E-state index in [9.17, 15) is 4.79 Å². The smallest absolute Gasteiger partial charge is 0.251 e. The first kappa shape index (κ1) is 18.3. The lowest BCUT2D eigenvalue weighted by Gasteiger charge is -2.09. The van der Waals surface area contributed by atoms with Crippen LogP contribution in [0.3, 0.4) is 0 Å². The summed E-state index contributed by atoms with van der Waals surface area (Å²) in [5.74, 6) is 0.847. The van der Waals surface area contributed by atoms with Crippen molar-refractivity contribution in [1.82, 2.24) is 20.3 Å². The fraction of sp³-hybridized carbons (Fsp3) is 0.0435. The number of nitrogens with zero attached hydrogens (tertiary/aromatic N) is 3. The van der Waals surface area contributed by atoms with Crippen LogP contribution in [-0.4, -0.2) is 20.9 Å². The third-order valence-electron chi connectivity index (χ3n) is 4.19. The van der Waals surface area contributed by atoms with Crippen molar-refractivity contribution in [3.8, 4) is 22.9 Å². The summed E-state index contributed by atoms with van der Waals surface area (Å²) in [5.41, 5.74) is 3.21. The second-order valence-corrected chi connectivity index (χ2v) is 6.27. The van der Waals surface area contributed by atoms with Gasteiger partial charge in [0, 0.05) is 48.5 Å². The van der Waals surface area contributed by atoms with Gasteiger partial charge in [0.15, 0.2) is 0 Å². The second-order valence-electron chi connectivity index (χ2n) is 6.27. The predicted molar refractivity (Wildman–Crippen MR) is 109 cm³/mol. The van der Waals surface area contributed by atoms with Gasteiger partial charge in [0.2, 0.25) is 5.88 Å². The number of amides is 1. The van der Waals surface area contributed by atoms with E-state index in [1.54, 1.807) is 55.1 Å². The lowest BCUT2D eigenvalue weighted by Crippen LogP contribution is -2.22. The molecule has 0 radical (unpaired) electrons. The maximum atomic E-state index is 12.6. The molecule has 1 N–H and O–H groups in total. The average Bonchev–Trinajstić information content (AvgIpc) is 2.79. The van der Waals surface area contributed by atoms with E-state index in [1.165, 1.54) is 0 Å². The van der Waals surface area contributed by atoms with Gasteiger partial charge in [-0.25, -0.2) is 4.98 Å². The molecule has 0 aliphatic rings. The highest BCUT2D eigenvalue weighted by atomic mass is 16.5. The first-order valence-electron chi connectivity index (χ1n) is 9.10. The second kappa shape index (κ2) is 8.75. The van der Waals surface area contributed by atoms with Gasteiger partial charge in [0.1, 0.15) is 5.75 Å². The van der Waals surface area contributed by atoms with Gasteiger partial charge in [-0.2, -0.15) is 0 Å². The molecule has 0 spiro atoms. The van der Waals surface area contributed by atoms with E-state index in [2.05, 4.69) is 20.3 Å². The zero-order chi connectivity index (χ0) is 19.9. The van der Waals surface area contributed by atoms with Crippen molar-refractivity contribution in [2.45, 2.75) is 6.54 Å². The summed E-state index contributed by atoms with van der Waals surface area (Å²) in [4.78, 5) is 25.2. The minimum absolute atomic E-state index is 0.184. The van der Waals surface area contributed by atoms with Gasteiger partial charge in [-0.15, -0.1) is 0 Å². The molecule has 4 aromatic rings. The Balaban J connectivity index is 1.42. The fourth-order valence-corrected chi connectivity index (χ4v) is 2.77. The van der Waals surface area contributed by atoms with Crippen LogP contribution < -0.4 is 10.1 Å². The number of rotatable bonds is 6. The number of hydrogen-bond donors (Lipinski definition) is 1. The summed E-state index contributed by atoms with van der Waals surface area (Å²) < 4.78 is 5.69. The summed E-state index contributed by atoms with van der Waals surface area (Å²) in [6, 6.07) is 20.0. The fourth-order valence-electron chi connectivity index (χ4n) is 2.77. The van der Waals surface area contributed by atoms with E-state index < -0.39 is 0 Å². The summed E-state index contributed by atoms with van der Waals surface area (Å²) in [6.07, 6.45) is 6.86. The lowest BCUT2D eigenvalue weighted by molar-refractivity contribution is 0.0950. The minimum Gasteiger partial charge on any atom is -0.439 e. The topological polar surface area (TPSA) is 77.0 Å². The molecule has 1 amide bonds. The Labute approximate surface area is 168 Å². The van der Waals surface area contributed by atoms with Crippen molar-refractivity contribution >= 4 is 5.91 Å². The summed E-state index contributed by atoms with van der Waals surface area (Å²) >= 11 is 0. The molecule has 0 bridgehead atoms. The van der Waals surface area contributed by atoms with Crippen LogP contribution in [0.5, 0.6) is 11.6 Å². The van der Waals surface area contributed by atoms with Crippen molar-refractivity contribution < 1.29 is 9.53 Å². The Bertz CT molecular complexity index is 1100. The van der Waals surface area contributed by atoms with Gasteiger partial charge < -0.3 is 10.1 Å². The maximum Gasteiger partial charge on any atom is 0.251 e. The van der Waals surface area contributed by atoms with Crippen LogP contribution in [0.15, 0.2) is 91.5 Å². The van der Waals surface area contributed by atoms with E-state index in [0.717, 1.165) is 16.8 Å². The molecule has 0 unspecified atom stereocenters. The molecular weight excluding hydrogens is 364 g/mol. The van der Waals surface area contributed by atoms with Gasteiger partial charge in [-0.1, -0.05) is 12.1 Å². The van der Waals surface area contributed by atoms with Crippen LogP contribution in [0.1, 0.15) is 15.9 Å². The zero-order valence-electron chi connectivity index (χ0n) is 15.5. The standard InChI is InChI=1S/C23H18N4O2/c28-23(18-5-3-7-20(14-18)29-22-8-1-2-11-26-22)27-15-17-9-12-25-21(13-17)19-6-4-10-24-16-19/h1-14,16H,15H2,(H,27,28). The highest BCUT2D eigenvalue weighted by Crippen LogP contribution is 2.20. The highest BCUT2D eigenvalue weighted by molar-refractivity contribution is 5.94. The molecule has 6 heteroatoms. The molecule has 3 heterocycles. The van der Waals surface area contributed by atoms with Gasteiger partial charge in [0.05, 0.1) is 5.69 Å².